The Morgan fingerprint density at radius 1 is 1.08 bits per heavy atom. The van der Waals surface area contributed by atoms with Crippen LogP contribution in [-0.2, 0) is 13.0 Å². The van der Waals surface area contributed by atoms with Gasteiger partial charge in [0.05, 0.1) is 17.4 Å². The van der Waals surface area contributed by atoms with Crippen molar-refractivity contribution in [2.24, 2.45) is 0 Å². The zero-order valence-electron chi connectivity index (χ0n) is 14.5. The Morgan fingerprint density at radius 3 is 2.88 bits per heavy atom. The molecule has 128 valence electrons. The first kappa shape index (κ1) is 16.0. The first-order valence-corrected chi connectivity index (χ1v) is 8.98. The van der Waals surface area contributed by atoms with Crippen LogP contribution >= 0.6 is 0 Å². The zero-order chi connectivity index (χ0) is 17.1. The highest BCUT2D eigenvalue weighted by Crippen LogP contribution is 2.32. The van der Waals surface area contributed by atoms with E-state index < -0.39 is 0 Å². The molecule has 3 aromatic rings. The van der Waals surface area contributed by atoms with Gasteiger partial charge >= 0.3 is 0 Å². The van der Waals surface area contributed by atoms with E-state index in [-0.39, 0.29) is 0 Å². The molecule has 5 nitrogen and oxygen atoms in total. The molecule has 0 N–H and O–H groups in total. The van der Waals surface area contributed by atoms with Crippen molar-refractivity contribution in [3.63, 3.8) is 0 Å². The maximum atomic E-state index is 4.96. The molecule has 4 heterocycles. The molecule has 0 aliphatic carbocycles. The molecule has 0 spiro atoms. The molecule has 1 aliphatic heterocycles. The molecule has 0 radical (unpaired) electrons. The van der Waals surface area contributed by atoms with E-state index in [1.54, 1.807) is 0 Å². The van der Waals surface area contributed by atoms with Crippen molar-refractivity contribution in [2.45, 2.75) is 38.8 Å². The van der Waals surface area contributed by atoms with Crippen LogP contribution in [0.3, 0.4) is 0 Å². The number of rotatable bonds is 5. The summed E-state index contributed by atoms with van der Waals surface area (Å²) < 4.78 is 2.08. The number of hydrogen-bond acceptors (Lipinski definition) is 4. The van der Waals surface area contributed by atoms with E-state index >= 15 is 0 Å². The lowest BCUT2D eigenvalue weighted by Crippen LogP contribution is -2.24. The predicted molar refractivity (Wildman–Crippen MR) is 97.4 cm³/mol. The van der Waals surface area contributed by atoms with Crippen molar-refractivity contribution >= 4 is 0 Å². The lowest BCUT2D eigenvalue weighted by Gasteiger charge is -2.24. The van der Waals surface area contributed by atoms with Gasteiger partial charge < -0.3 is 0 Å². The van der Waals surface area contributed by atoms with Crippen molar-refractivity contribution in [1.82, 2.24) is 24.4 Å². The van der Waals surface area contributed by atoms with E-state index in [1.165, 1.54) is 6.42 Å². The fourth-order valence-electron chi connectivity index (χ4n) is 3.61. The predicted octanol–water partition coefficient (Wildman–Crippen LogP) is 3.56. The highest BCUT2D eigenvalue weighted by Gasteiger charge is 2.27. The second-order valence-corrected chi connectivity index (χ2v) is 6.44. The van der Waals surface area contributed by atoms with Gasteiger partial charge in [-0.1, -0.05) is 19.1 Å². The van der Waals surface area contributed by atoms with Crippen LogP contribution in [0.15, 0.2) is 55.0 Å². The molecule has 1 atom stereocenters. The van der Waals surface area contributed by atoms with Gasteiger partial charge in [-0.3, -0.25) is 14.5 Å². The van der Waals surface area contributed by atoms with E-state index in [0.717, 1.165) is 49.0 Å². The Bertz CT molecular complexity index is 827. The molecule has 0 bridgehead atoms. The average Bonchev–Trinajstić information content (AvgIpc) is 3.32. The summed E-state index contributed by atoms with van der Waals surface area (Å²) >= 11 is 0. The van der Waals surface area contributed by atoms with Crippen molar-refractivity contribution in [2.75, 3.05) is 6.54 Å². The third-order valence-corrected chi connectivity index (χ3v) is 4.83. The number of likely N-dealkylation sites (tertiary alicyclic amines) is 1. The summed E-state index contributed by atoms with van der Waals surface area (Å²) in [6.07, 6.45) is 8.95. The molecule has 0 saturated carbocycles. The molecular formula is C20H23N5. The Labute approximate surface area is 148 Å². The second-order valence-electron chi connectivity index (χ2n) is 6.44. The van der Waals surface area contributed by atoms with Gasteiger partial charge in [0.25, 0.3) is 0 Å². The molecule has 1 fully saturated rings. The molecule has 3 aromatic heterocycles. The van der Waals surface area contributed by atoms with Gasteiger partial charge in [0.15, 0.2) is 0 Å². The zero-order valence-corrected chi connectivity index (χ0v) is 14.5. The van der Waals surface area contributed by atoms with Crippen LogP contribution < -0.4 is 0 Å². The standard InChI is InChI=1S/C20H23N5/c1-2-19-22-12-14-25(19)20-10-5-8-17(23-20)18-9-6-13-24(18)15-16-7-3-4-11-21-16/h3-5,7-8,10-12,14,18H,2,6,9,13,15H2,1H3/t18-/m0/s1. The fourth-order valence-corrected chi connectivity index (χ4v) is 3.61. The van der Waals surface area contributed by atoms with Gasteiger partial charge in [0, 0.05) is 31.6 Å². The second kappa shape index (κ2) is 7.15. The van der Waals surface area contributed by atoms with Crippen LogP contribution in [0.4, 0.5) is 0 Å². The Balaban J connectivity index is 1.59. The summed E-state index contributed by atoms with van der Waals surface area (Å²) in [5.74, 6) is 2.00. The normalized spacial score (nSPS) is 17.9. The maximum absolute atomic E-state index is 4.96. The van der Waals surface area contributed by atoms with Crippen molar-refractivity contribution in [3.05, 3.63) is 72.2 Å². The van der Waals surface area contributed by atoms with E-state index in [4.69, 9.17) is 4.98 Å². The summed E-state index contributed by atoms with van der Waals surface area (Å²) in [7, 11) is 0. The van der Waals surface area contributed by atoms with E-state index in [2.05, 4.69) is 56.7 Å². The average molecular weight is 333 g/mol. The molecule has 1 saturated heterocycles. The number of aromatic nitrogens is 4. The summed E-state index contributed by atoms with van der Waals surface area (Å²) in [6.45, 7) is 4.09. The minimum absolute atomic E-state index is 0.357. The van der Waals surface area contributed by atoms with Crippen LogP contribution in [0.2, 0.25) is 0 Å². The summed E-state index contributed by atoms with van der Waals surface area (Å²) in [4.78, 5) is 16.3. The summed E-state index contributed by atoms with van der Waals surface area (Å²) in [5.41, 5.74) is 2.26. The molecule has 5 heteroatoms. The molecule has 25 heavy (non-hydrogen) atoms. The first-order valence-electron chi connectivity index (χ1n) is 8.98. The third-order valence-electron chi connectivity index (χ3n) is 4.83. The first-order chi connectivity index (χ1) is 12.3. The molecule has 4 rings (SSSR count). The van der Waals surface area contributed by atoms with Gasteiger partial charge in [-0.25, -0.2) is 9.97 Å². The van der Waals surface area contributed by atoms with E-state index in [1.807, 2.05) is 24.7 Å². The van der Waals surface area contributed by atoms with Crippen LogP contribution in [0, 0.1) is 0 Å². The number of hydrogen-bond donors (Lipinski definition) is 0. The lowest BCUT2D eigenvalue weighted by molar-refractivity contribution is 0.241. The van der Waals surface area contributed by atoms with Crippen LogP contribution in [0.1, 0.15) is 43.0 Å². The monoisotopic (exact) mass is 333 g/mol. The summed E-state index contributed by atoms with van der Waals surface area (Å²) in [5, 5.41) is 0. The van der Waals surface area contributed by atoms with Crippen LogP contribution in [0.25, 0.3) is 5.82 Å². The fraction of sp³-hybridized carbons (Fsp3) is 0.350. The van der Waals surface area contributed by atoms with Crippen LogP contribution in [-0.4, -0.2) is 31.0 Å². The van der Waals surface area contributed by atoms with Crippen molar-refractivity contribution in [1.29, 1.82) is 0 Å². The molecule has 0 aromatic carbocycles. The molecule has 1 aliphatic rings. The molecular weight excluding hydrogens is 310 g/mol. The van der Waals surface area contributed by atoms with E-state index in [0.29, 0.717) is 6.04 Å². The Hall–Kier alpha value is -2.53. The quantitative estimate of drug-likeness (QED) is 0.716. The largest absolute Gasteiger partial charge is 0.289 e. The SMILES string of the molecule is CCc1nccn1-c1cccc([C@@H]2CCCN2Cc2ccccn2)n1. The highest BCUT2D eigenvalue weighted by molar-refractivity contribution is 5.28. The highest BCUT2D eigenvalue weighted by atomic mass is 15.2. The lowest BCUT2D eigenvalue weighted by atomic mass is 10.1. The molecule has 0 amide bonds. The minimum Gasteiger partial charge on any atom is -0.289 e. The topological polar surface area (TPSA) is 46.8 Å². The van der Waals surface area contributed by atoms with Gasteiger partial charge in [-0.2, -0.15) is 0 Å². The Kier molecular flexibility index (Phi) is 4.57. The van der Waals surface area contributed by atoms with Crippen LogP contribution in [0.5, 0.6) is 0 Å². The van der Waals surface area contributed by atoms with Crippen molar-refractivity contribution < 1.29 is 0 Å². The van der Waals surface area contributed by atoms with Gasteiger partial charge in [-0.15, -0.1) is 0 Å². The minimum atomic E-state index is 0.357. The molecule has 0 unspecified atom stereocenters. The number of imidazole rings is 1. The van der Waals surface area contributed by atoms with Crippen molar-refractivity contribution in [3.8, 4) is 5.82 Å². The summed E-state index contributed by atoms with van der Waals surface area (Å²) in [6, 6.07) is 12.8. The number of nitrogens with zero attached hydrogens (tertiary/aromatic N) is 5. The Morgan fingerprint density at radius 2 is 2.04 bits per heavy atom. The third kappa shape index (κ3) is 3.33. The van der Waals surface area contributed by atoms with Gasteiger partial charge in [0.2, 0.25) is 0 Å². The number of aryl methyl sites for hydroxylation is 1. The van der Waals surface area contributed by atoms with E-state index in [9.17, 15) is 0 Å². The van der Waals surface area contributed by atoms with Gasteiger partial charge in [-0.05, 0) is 43.7 Å². The number of pyridine rings is 2. The smallest absolute Gasteiger partial charge is 0.138 e. The van der Waals surface area contributed by atoms with Gasteiger partial charge in [0.1, 0.15) is 11.6 Å². The maximum Gasteiger partial charge on any atom is 0.138 e.